The van der Waals surface area contributed by atoms with Crippen LogP contribution in [0.5, 0.6) is 0 Å². The Morgan fingerprint density at radius 1 is 1.44 bits per heavy atom. The minimum Gasteiger partial charge on any atom is -0.323 e. The monoisotopic (exact) mass is 303 g/mol. The maximum absolute atomic E-state index is 6.26. The van der Waals surface area contributed by atoms with Crippen LogP contribution in [0.4, 0.5) is 0 Å². The Hall–Kier alpha value is 0.140. The Bertz CT molecular complexity index is 332. The Labute approximate surface area is 112 Å². The van der Waals surface area contributed by atoms with E-state index in [0.29, 0.717) is 11.3 Å². The second-order valence-electron chi connectivity index (χ2n) is 5.71. The molecule has 0 aliphatic rings. The molecular formula is C13H22BrNS. The van der Waals surface area contributed by atoms with Gasteiger partial charge in [0, 0.05) is 10.9 Å². The molecule has 1 aromatic rings. The molecule has 2 unspecified atom stereocenters. The lowest BCUT2D eigenvalue weighted by atomic mass is 9.78. The van der Waals surface area contributed by atoms with Gasteiger partial charge in [0.05, 0.1) is 3.79 Å². The molecule has 0 bridgehead atoms. The third-order valence-corrected chi connectivity index (χ3v) is 5.60. The smallest absolute Gasteiger partial charge is 0.0731 e. The van der Waals surface area contributed by atoms with Crippen molar-refractivity contribution in [2.75, 3.05) is 0 Å². The lowest BCUT2D eigenvalue weighted by molar-refractivity contribution is 0.234. The van der Waals surface area contributed by atoms with Crippen LogP contribution in [0.15, 0.2) is 9.85 Å². The molecule has 0 amide bonds. The summed E-state index contributed by atoms with van der Waals surface area (Å²) in [6.45, 7) is 11.2. The largest absolute Gasteiger partial charge is 0.323 e. The minimum atomic E-state index is 0.171. The van der Waals surface area contributed by atoms with E-state index in [-0.39, 0.29) is 6.04 Å². The van der Waals surface area contributed by atoms with Crippen molar-refractivity contribution in [2.45, 2.75) is 47.1 Å². The molecular weight excluding hydrogens is 282 g/mol. The fourth-order valence-corrected chi connectivity index (χ4v) is 3.10. The van der Waals surface area contributed by atoms with Gasteiger partial charge in [0.15, 0.2) is 0 Å². The second-order valence-corrected chi connectivity index (χ2v) is 8.12. The minimum absolute atomic E-state index is 0.171. The molecule has 3 heteroatoms. The first-order valence-electron chi connectivity index (χ1n) is 5.73. The molecule has 0 fully saturated rings. The van der Waals surface area contributed by atoms with Crippen molar-refractivity contribution in [3.63, 3.8) is 0 Å². The van der Waals surface area contributed by atoms with Crippen LogP contribution in [-0.2, 0) is 0 Å². The van der Waals surface area contributed by atoms with Crippen molar-refractivity contribution in [3.05, 3.63) is 20.3 Å². The maximum atomic E-state index is 6.26. The molecule has 0 aliphatic carbocycles. The molecule has 16 heavy (non-hydrogen) atoms. The lowest BCUT2D eigenvalue weighted by Crippen LogP contribution is -2.22. The highest BCUT2D eigenvalue weighted by atomic mass is 79.9. The van der Waals surface area contributed by atoms with Crippen LogP contribution in [-0.4, -0.2) is 0 Å². The van der Waals surface area contributed by atoms with Gasteiger partial charge in [-0.15, -0.1) is 11.3 Å². The molecule has 2 N–H and O–H groups in total. The second kappa shape index (κ2) is 5.19. The molecule has 1 heterocycles. The van der Waals surface area contributed by atoms with Crippen molar-refractivity contribution >= 4 is 27.3 Å². The van der Waals surface area contributed by atoms with Gasteiger partial charge in [-0.2, -0.15) is 0 Å². The summed E-state index contributed by atoms with van der Waals surface area (Å²) < 4.78 is 1.21. The van der Waals surface area contributed by atoms with Gasteiger partial charge in [0.1, 0.15) is 0 Å². The molecule has 1 nitrogen and oxygen atoms in total. The van der Waals surface area contributed by atoms with Gasteiger partial charge in [-0.3, -0.25) is 0 Å². The van der Waals surface area contributed by atoms with Crippen LogP contribution in [0, 0.1) is 18.3 Å². The lowest BCUT2D eigenvalue weighted by Gasteiger charge is -2.29. The summed E-state index contributed by atoms with van der Waals surface area (Å²) in [7, 11) is 0. The number of hydrogen-bond donors (Lipinski definition) is 1. The van der Waals surface area contributed by atoms with E-state index in [0.717, 1.165) is 6.42 Å². The Kier molecular flexibility index (Phi) is 4.61. The predicted octanol–water partition coefficient (Wildman–Crippen LogP) is 4.89. The van der Waals surface area contributed by atoms with Gasteiger partial charge in [0.2, 0.25) is 0 Å². The highest BCUT2D eigenvalue weighted by molar-refractivity contribution is 9.11. The van der Waals surface area contributed by atoms with Crippen molar-refractivity contribution < 1.29 is 0 Å². The number of halogens is 1. The average Bonchev–Trinajstić information content (AvgIpc) is 2.45. The summed E-state index contributed by atoms with van der Waals surface area (Å²) in [6, 6.07) is 2.37. The van der Waals surface area contributed by atoms with E-state index in [1.54, 1.807) is 11.3 Å². The first-order chi connectivity index (χ1) is 7.21. The zero-order chi connectivity index (χ0) is 12.5. The van der Waals surface area contributed by atoms with Crippen LogP contribution >= 0.6 is 27.3 Å². The Morgan fingerprint density at radius 3 is 2.38 bits per heavy atom. The first-order valence-corrected chi connectivity index (χ1v) is 7.34. The molecule has 0 saturated carbocycles. The topological polar surface area (TPSA) is 26.0 Å². The number of thiophene rings is 1. The molecule has 1 aromatic heterocycles. The van der Waals surface area contributed by atoms with Gasteiger partial charge >= 0.3 is 0 Å². The van der Waals surface area contributed by atoms with Gasteiger partial charge in [-0.05, 0) is 52.2 Å². The van der Waals surface area contributed by atoms with Gasteiger partial charge < -0.3 is 5.73 Å². The van der Waals surface area contributed by atoms with Crippen LogP contribution in [0.2, 0.25) is 0 Å². The quantitative estimate of drug-likeness (QED) is 0.845. The van der Waals surface area contributed by atoms with Gasteiger partial charge in [-0.25, -0.2) is 0 Å². The van der Waals surface area contributed by atoms with E-state index in [2.05, 4.69) is 56.6 Å². The maximum Gasteiger partial charge on any atom is 0.0731 e. The van der Waals surface area contributed by atoms with E-state index in [1.807, 2.05) is 0 Å². The number of rotatable bonds is 3. The van der Waals surface area contributed by atoms with E-state index in [1.165, 1.54) is 14.2 Å². The van der Waals surface area contributed by atoms with Crippen LogP contribution in [0.1, 0.15) is 50.6 Å². The van der Waals surface area contributed by atoms with Gasteiger partial charge in [0.25, 0.3) is 0 Å². The zero-order valence-electron chi connectivity index (χ0n) is 10.8. The molecule has 1 rings (SSSR count). The summed E-state index contributed by atoms with van der Waals surface area (Å²) in [6.07, 6.45) is 1.05. The Morgan fingerprint density at radius 2 is 2.00 bits per heavy atom. The van der Waals surface area contributed by atoms with Crippen molar-refractivity contribution in [1.82, 2.24) is 0 Å². The Balaban J connectivity index is 2.69. The number of aryl methyl sites for hydroxylation is 1. The normalized spacial score (nSPS) is 16.2. The van der Waals surface area contributed by atoms with E-state index >= 15 is 0 Å². The standard InChI is InChI=1S/C13H22BrNS/c1-8-6-11(16-12(8)14)10(15)7-9(2)13(3,4)5/h6,9-10H,7,15H2,1-5H3. The van der Waals surface area contributed by atoms with E-state index in [9.17, 15) is 0 Å². The zero-order valence-corrected chi connectivity index (χ0v) is 13.2. The molecule has 0 radical (unpaired) electrons. The summed E-state index contributed by atoms with van der Waals surface area (Å²) in [4.78, 5) is 1.29. The molecule has 92 valence electrons. The van der Waals surface area contributed by atoms with Crippen molar-refractivity contribution in [1.29, 1.82) is 0 Å². The summed E-state index contributed by atoms with van der Waals surface area (Å²) in [5.74, 6) is 0.628. The predicted molar refractivity (Wildman–Crippen MR) is 76.9 cm³/mol. The highest BCUT2D eigenvalue weighted by Gasteiger charge is 2.23. The van der Waals surface area contributed by atoms with Crippen molar-refractivity contribution in [3.8, 4) is 0 Å². The SMILES string of the molecule is Cc1cc(C(N)CC(C)C(C)(C)C)sc1Br. The van der Waals surface area contributed by atoms with Crippen LogP contribution < -0.4 is 5.73 Å². The fourth-order valence-electron chi connectivity index (χ4n) is 1.52. The molecule has 0 saturated heterocycles. The molecule has 0 aromatic carbocycles. The van der Waals surface area contributed by atoms with E-state index < -0.39 is 0 Å². The summed E-state index contributed by atoms with van der Waals surface area (Å²) in [5, 5.41) is 0. The van der Waals surface area contributed by atoms with Crippen molar-refractivity contribution in [2.24, 2.45) is 17.1 Å². The van der Waals surface area contributed by atoms with Gasteiger partial charge in [-0.1, -0.05) is 27.7 Å². The number of hydrogen-bond acceptors (Lipinski definition) is 2. The molecule has 2 atom stereocenters. The van der Waals surface area contributed by atoms with E-state index in [4.69, 9.17) is 5.73 Å². The number of nitrogens with two attached hydrogens (primary N) is 1. The summed E-state index contributed by atoms with van der Waals surface area (Å²) in [5.41, 5.74) is 7.89. The van der Waals surface area contributed by atoms with Crippen LogP contribution in [0.25, 0.3) is 0 Å². The summed E-state index contributed by atoms with van der Waals surface area (Å²) >= 11 is 5.32. The first kappa shape index (κ1) is 14.2. The average molecular weight is 304 g/mol. The molecule has 0 spiro atoms. The third-order valence-electron chi connectivity index (χ3n) is 3.33. The van der Waals surface area contributed by atoms with Crippen LogP contribution in [0.3, 0.4) is 0 Å². The fraction of sp³-hybridized carbons (Fsp3) is 0.692. The third kappa shape index (κ3) is 3.57. The molecule has 0 aliphatic heterocycles. The highest BCUT2D eigenvalue weighted by Crippen LogP contribution is 2.36.